The van der Waals surface area contributed by atoms with E-state index in [0.29, 0.717) is 5.92 Å². The first kappa shape index (κ1) is 7.77. The van der Waals surface area contributed by atoms with Crippen LogP contribution in [0.2, 0.25) is 0 Å². The lowest BCUT2D eigenvalue weighted by atomic mass is 10.00. The van der Waals surface area contributed by atoms with E-state index < -0.39 is 0 Å². The molecular weight excluding hydrogens is 154 g/mol. The van der Waals surface area contributed by atoms with Gasteiger partial charge in [-0.1, -0.05) is 13.3 Å². The summed E-state index contributed by atoms with van der Waals surface area (Å²) in [6, 6.07) is 0. The predicted molar refractivity (Wildman–Crippen MR) is 43.1 cm³/mol. The fraction of sp³-hybridized carbons (Fsp3) is 0.778. The number of imide groups is 1. The van der Waals surface area contributed by atoms with Gasteiger partial charge in [-0.05, 0) is 18.8 Å². The third-order valence-electron chi connectivity index (χ3n) is 3.16. The van der Waals surface area contributed by atoms with Crippen molar-refractivity contribution in [2.24, 2.45) is 17.8 Å². The van der Waals surface area contributed by atoms with Crippen LogP contribution in [0.25, 0.3) is 0 Å². The van der Waals surface area contributed by atoms with Crippen molar-refractivity contribution in [2.75, 3.05) is 0 Å². The molecule has 0 bridgehead atoms. The average molecular weight is 167 g/mol. The van der Waals surface area contributed by atoms with Crippen molar-refractivity contribution in [2.45, 2.75) is 26.2 Å². The molecular formula is C9H13NO2. The van der Waals surface area contributed by atoms with Gasteiger partial charge in [0.1, 0.15) is 0 Å². The number of carbonyl (C=O) groups is 2. The fourth-order valence-electron chi connectivity index (χ4n) is 2.36. The van der Waals surface area contributed by atoms with Crippen molar-refractivity contribution in [1.82, 2.24) is 5.32 Å². The molecule has 2 rings (SSSR count). The lowest BCUT2D eigenvalue weighted by molar-refractivity contribution is -0.126. The molecule has 66 valence electrons. The monoisotopic (exact) mass is 167 g/mol. The van der Waals surface area contributed by atoms with Crippen molar-refractivity contribution >= 4 is 11.8 Å². The van der Waals surface area contributed by atoms with Crippen molar-refractivity contribution in [3.05, 3.63) is 0 Å². The smallest absolute Gasteiger partial charge is 0.230 e. The summed E-state index contributed by atoms with van der Waals surface area (Å²) >= 11 is 0. The first-order chi connectivity index (χ1) is 5.72. The highest BCUT2D eigenvalue weighted by molar-refractivity contribution is 6.05. The summed E-state index contributed by atoms with van der Waals surface area (Å²) in [7, 11) is 0. The highest BCUT2D eigenvalue weighted by Crippen LogP contribution is 2.40. The molecule has 0 radical (unpaired) electrons. The van der Waals surface area contributed by atoms with Crippen LogP contribution in [0.3, 0.4) is 0 Å². The first-order valence-electron chi connectivity index (χ1n) is 4.57. The molecule has 1 aliphatic heterocycles. The third kappa shape index (κ3) is 0.958. The van der Waals surface area contributed by atoms with Crippen molar-refractivity contribution in [3.63, 3.8) is 0 Å². The summed E-state index contributed by atoms with van der Waals surface area (Å²) in [5.74, 6) is 0.516. The molecule has 1 N–H and O–H groups in total. The number of nitrogens with one attached hydrogen (secondary N) is 1. The summed E-state index contributed by atoms with van der Waals surface area (Å²) in [5, 5.41) is 2.39. The highest BCUT2D eigenvalue weighted by Gasteiger charge is 2.47. The van der Waals surface area contributed by atoms with E-state index in [1.54, 1.807) is 0 Å². The zero-order valence-corrected chi connectivity index (χ0v) is 7.17. The molecule has 0 aromatic carbocycles. The SMILES string of the molecule is CCC1CC2C(=O)NC(=O)C2C1. The van der Waals surface area contributed by atoms with Gasteiger partial charge in [-0.3, -0.25) is 14.9 Å². The van der Waals surface area contributed by atoms with Crippen LogP contribution in [-0.2, 0) is 9.59 Å². The second kappa shape index (κ2) is 2.57. The van der Waals surface area contributed by atoms with Crippen molar-refractivity contribution in [1.29, 1.82) is 0 Å². The van der Waals surface area contributed by atoms with Gasteiger partial charge in [0.2, 0.25) is 11.8 Å². The van der Waals surface area contributed by atoms with Crippen LogP contribution in [0.5, 0.6) is 0 Å². The number of carbonyl (C=O) groups excluding carboxylic acids is 2. The van der Waals surface area contributed by atoms with Crippen LogP contribution in [0.15, 0.2) is 0 Å². The molecule has 2 aliphatic rings. The van der Waals surface area contributed by atoms with Gasteiger partial charge in [0.25, 0.3) is 0 Å². The number of amides is 2. The first-order valence-corrected chi connectivity index (χ1v) is 4.57. The van der Waals surface area contributed by atoms with Gasteiger partial charge in [0, 0.05) is 0 Å². The Hall–Kier alpha value is -0.860. The lowest BCUT2D eigenvalue weighted by Crippen LogP contribution is -2.24. The van der Waals surface area contributed by atoms with Gasteiger partial charge >= 0.3 is 0 Å². The van der Waals surface area contributed by atoms with Crippen LogP contribution in [0, 0.1) is 17.8 Å². The zero-order chi connectivity index (χ0) is 8.72. The summed E-state index contributed by atoms with van der Waals surface area (Å²) in [4.78, 5) is 22.4. The topological polar surface area (TPSA) is 46.2 Å². The van der Waals surface area contributed by atoms with Crippen molar-refractivity contribution in [3.8, 4) is 0 Å². The van der Waals surface area contributed by atoms with E-state index in [1.165, 1.54) is 0 Å². The lowest BCUT2D eigenvalue weighted by Gasteiger charge is -2.05. The number of hydrogen-bond acceptors (Lipinski definition) is 2. The third-order valence-corrected chi connectivity index (χ3v) is 3.16. The molecule has 1 saturated carbocycles. The molecule has 1 aliphatic carbocycles. The molecule has 0 aromatic heterocycles. The minimum atomic E-state index is -0.0408. The maximum absolute atomic E-state index is 11.2. The summed E-state index contributed by atoms with van der Waals surface area (Å²) < 4.78 is 0. The predicted octanol–water partition coefficient (Wildman–Crippen LogP) is 0.695. The Morgan fingerprint density at radius 3 is 2.17 bits per heavy atom. The van der Waals surface area contributed by atoms with E-state index in [-0.39, 0.29) is 23.7 Å². The van der Waals surface area contributed by atoms with E-state index in [9.17, 15) is 9.59 Å². The molecule has 2 amide bonds. The van der Waals surface area contributed by atoms with Gasteiger partial charge in [0.15, 0.2) is 0 Å². The molecule has 3 nitrogen and oxygen atoms in total. The van der Waals surface area contributed by atoms with E-state index in [4.69, 9.17) is 0 Å². The van der Waals surface area contributed by atoms with E-state index >= 15 is 0 Å². The van der Waals surface area contributed by atoms with Gasteiger partial charge in [0.05, 0.1) is 11.8 Å². The Labute approximate surface area is 71.5 Å². The molecule has 2 fully saturated rings. The highest BCUT2D eigenvalue weighted by atomic mass is 16.2. The normalized spacial score (nSPS) is 39.9. The summed E-state index contributed by atoms with van der Waals surface area (Å²) in [6.07, 6.45) is 2.92. The number of hydrogen-bond donors (Lipinski definition) is 1. The molecule has 3 heteroatoms. The van der Waals surface area contributed by atoms with Crippen molar-refractivity contribution < 1.29 is 9.59 Å². The Bertz CT molecular complexity index is 215. The van der Waals surface area contributed by atoms with E-state index in [0.717, 1.165) is 19.3 Å². The summed E-state index contributed by atoms with van der Waals surface area (Å²) in [6.45, 7) is 2.12. The molecule has 0 aromatic rings. The Morgan fingerprint density at radius 2 is 1.75 bits per heavy atom. The standard InChI is InChI=1S/C9H13NO2/c1-2-5-3-6-7(4-5)9(12)10-8(6)11/h5-7H,2-4H2,1H3,(H,10,11,12). The minimum Gasteiger partial charge on any atom is -0.296 e. The van der Waals surface area contributed by atoms with Gasteiger partial charge in [-0.25, -0.2) is 0 Å². The molecule has 2 unspecified atom stereocenters. The average Bonchev–Trinajstić information content (AvgIpc) is 2.55. The second-order valence-corrected chi connectivity index (χ2v) is 3.81. The molecule has 1 saturated heterocycles. The van der Waals surface area contributed by atoms with Crippen LogP contribution >= 0.6 is 0 Å². The fourth-order valence-corrected chi connectivity index (χ4v) is 2.36. The van der Waals surface area contributed by atoms with E-state index in [2.05, 4.69) is 12.2 Å². The molecule has 2 atom stereocenters. The second-order valence-electron chi connectivity index (χ2n) is 3.81. The molecule has 1 heterocycles. The minimum absolute atomic E-state index is 0.00227. The zero-order valence-electron chi connectivity index (χ0n) is 7.17. The Morgan fingerprint density at radius 1 is 1.25 bits per heavy atom. The van der Waals surface area contributed by atoms with Crippen LogP contribution in [0.4, 0.5) is 0 Å². The van der Waals surface area contributed by atoms with Gasteiger partial charge in [-0.2, -0.15) is 0 Å². The maximum Gasteiger partial charge on any atom is 0.230 e. The molecule has 0 spiro atoms. The van der Waals surface area contributed by atoms with Crippen LogP contribution in [-0.4, -0.2) is 11.8 Å². The maximum atomic E-state index is 11.2. The van der Waals surface area contributed by atoms with Crippen LogP contribution < -0.4 is 5.32 Å². The van der Waals surface area contributed by atoms with Gasteiger partial charge < -0.3 is 0 Å². The summed E-state index contributed by atoms with van der Waals surface area (Å²) in [5.41, 5.74) is 0. The number of fused-ring (bicyclic) bond motifs is 1. The number of rotatable bonds is 1. The Balaban J connectivity index is 2.14. The molecule has 12 heavy (non-hydrogen) atoms. The largest absolute Gasteiger partial charge is 0.296 e. The Kier molecular flexibility index (Phi) is 1.67. The van der Waals surface area contributed by atoms with Gasteiger partial charge in [-0.15, -0.1) is 0 Å². The van der Waals surface area contributed by atoms with E-state index in [1.807, 2.05) is 0 Å². The van der Waals surface area contributed by atoms with Crippen LogP contribution in [0.1, 0.15) is 26.2 Å². The quantitative estimate of drug-likeness (QED) is 0.584.